The van der Waals surface area contributed by atoms with Gasteiger partial charge in [0.1, 0.15) is 18.1 Å². The van der Waals surface area contributed by atoms with E-state index in [1.807, 2.05) is 40.8 Å². The number of aryl methyl sites for hydroxylation is 1. The number of carbonyl (C=O) groups is 2. The van der Waals surface area contributed by atoms with Crippen LogP contribution in [0.25, 0.3) is 5.76 Å². The van der Waals surface area contributed by atoms with Gasteiger partial charge in [-0.15, -0.1) is 11.3 Å². The molecule has 1 atom stereocenters. The number of hydrogen-bond acceptors (Lipinski definition) is 5. The summed E-state index contributed by atoms with van der Waals surface area (Å²) in [7, 11) is 1.48. The Morgan fingerprint density at radius 1 is 1.35 bits per heavy atom. The molecular weight excluding hydrogens is 438 g/mol. The predicted octanol–water partition coefficient (Wildman–Crippen LogP) is 2.34. The third-order valence-electron chi connectivity index (χ3n) is 5.17. The van der Waals surface area contributed by atoms with Crippen LogP contribution in [0.1, 0.15) is 22.9 Å². The van der Waals surface area contributed by atoms with Crippen molar-refractivity contribution >= 4 is 40.4 Å². The number of Topliss-reactive ketones (excluding diaryl/α,β-unsaturated/α-hetero) is 1. The van der Waals surface area contributed by atoms with E-state index in [0.717, 1.165) is 4.88 Å². The molecule has 9 heteroatoms. The summed E-state index contributed by atoms with van der Waals surface area (Å²) in [4.78, 5) is 31.0. The number of H-pyrrole nitrogens is 1. The van der Waals surface area contributed by atoms with Crippen molar-refractivity contribution in [1.82, 2.24) is 9.88 Å². The molecule has 1 aromatic carbocycles. The molecule has 0 spiro atoms. The average molecular weight is 458 g/mol. The first-order chi connectivity index (χ1) is 15.0. The second kappa shape index (κ2) is 8.95. The van der Waals surface area contributed by atoms with Crippen LogP contribution in [0.4, 0.5) is 0 Å². The fourth-order valence-corrected chi connectivity index (χ4v) is 4.79. The standard InChI is InChI=1S/C22H20ClN3O4S/c1-30-16-6-5-14(12-15(16)23)20(27)18-19(17-4-2-11-31-17)26(22(29)21(18)28)9-3-8-25-10-7-24-13-25/h2,4-7,10-13,19H,3,8-9H2,1H3,(H,27,28). The molecular formula is C22H20ClN3O4S. The molecule has 1 amide bonds. The van der Waals surface area contributed by atoms with Gasteiger partial charge in [0, 0.05) is 23.4 Å². The Morgan fingerprint density at radius 3 is 2.84 bits per heavy atom. The topological polar surface area (TPSA) is 89.3 Å². The van der Waals surface area contributed by atoms with E-state index in [9.17, 15) is 14.7 Å². The number of carbonyl (C=O) groups excluding carboxylic acids is 2. The highest BCUT2D eigenvalue weighted by atomic mass is 35.5. The lowest BCUT2D eigenvalue weighted by Crippen LogP contribution is -2.35. The zero-order chi connectivity index (χ0) is 22.0. The van der Waals surface area contributed by atoms with Gasteiger partial charge in [-0.05, 0) is 29.1 Å². The molecule has 160 valence electrons. The van der Waals surface area contributed by atoms with Gasteiger partial charge in [-0.2, -0.15) is 0 Å². The second-order valence-corrected chi connectivity index (χ2v) is 8.43. The Hall–Kier alpha value is -3.10. The maximum absolute atomic E-state index is 13.3. The predicted molar refractivity (Wildman–Crippen MR) is 114 cm³/mol. The Kier molecular flexibility index (Phi) is 6.11. The van der Waals surface area contributed by atoms with Crippen LogP contribution in [-0.4, -0.2) is 35.2 Å². The molecule has 0 aliphatic carbocycles. The van der Waals surface area contributed by atoms with E-state index in [4.69, 9.17) is 16.3 Å². The molecule has 0 saturated carbocycles. The monoisotopic (exact) mass is 457 g/mol. The zero-order valence-electron chi connectivity index (χ0n) is 16.7. The SMILES string of the molecule is COc1ccc(C([O-])=C2C(=O)C(=O)N(CCC[n+]3cc[nH]c3)C2c2cccs2)cc1Cl. The molecule has 1 fully saturated rings. The van der Waals surface area contributed by atoms with Gasteiger partial charge in [0.25, 0.3) is 5.91 Å². The number of thiophene rings is 1. The fraction of sp³-hybridized carbons (Fsp3) is 0.227. The summed E-state index contributed by atoms with van der Waals surface area (Å²) < 4.78 is 7.09. The summed E-state index contributed by atoms with van der Waals surface area (Å²) in [5, 5.41) is 15.5. The molecule has 0 bridgehead atoms. The Morgan fingerprint density at radius 2 is 2.19 bits per heavy atom. The lowest BCUT2D eigenvalue weighted by Gasteiger charge is -2.26. The number of likely N-dealkylation sites (tertiary alicyclic amines) is 1. The van der Waals surface area contributed by atoms with Crippen molar-refractivity contribution in [3.05, 3.63) is 75.5 Å². The van der Waals surface area contributed by atoms with Gasteiger partial charge in [-0.1, -0.05) is 29.5 Å². The normalized spacial score (nSPS) is 18.0. The van der Waals surface area contributed by atoms with E-state index < -0.39 is 23.5 Å². The van der Waals surface area contributed by atoms with Gasteiger partial charge in [0.2, 0.25) is 12.1 Å². The number of aromatic amines is 1. The molecule has 3 heterocycles. The number of hydrogen-bond donors (Lipinski definition) is 1. The van der Waals surface area contributed by atoms with E-state index in [1.54, 1.807) is 12.1 Å². The number of aromatic nitrogens is 2. The van der Waals surface area contributed by atoms with Gasteiger partial charge < -0.3 is 14.7 Å². The van der Waals surface area contributed by atoms with Crippen LogP contribution in [0.15, 0.2) is 60.0 Å². The summed E-state index contributed by atoms with van der Waals surface area (Å²) in [6.07, 6.45) is 6.16. The molecule has 1 saturated heterocycles. The average Bonchev–Trinajstić information content (AvgIpc) is 3.52. The minimum atomic E-state index is -0.760. The molecule has 3 aromatic rings. The number of nitrogens with zero attached hydrogens (tertiary/aromatic N) is 2. The van der Waals surface area contributed by atoms with E-state index >= 15 is 0 Å². The Labute approximate surface area is 188 Å². The highest BCUT2D eigenvalue weighted by Crippen LogP contribution is 2.41. The van der Waals surface area contributed by atoms with E-state index in [-0.39, 0.29) is 16.2 Å². The van der Waals surface area contributed by atoms with Crippen LogP contribution >= 0.6 is 22.9 Å². The van der Waals surface area contributed by atoms with Crippen LogP contribution in [-0.2, 0) is 16.1 Å². The lowest BCUT2D eigenvalue weighted by atomic mass is 9.99. The number of methoxy groups -OCH3 is 1. The first kappa shape index (κ1) is 21.1. The maximum atomic E-state index is 13.3. The summed E-state index contributed by atoms with van der Waals surface area (Å²) in [5.74, 6) is -1.48. The third kappa shape index (κ3) is 4.08. The van der Waals surface area contributed by atoms with Crippen LogP contribution < -0.4 is 14.4 Å². The van der Waals surface area contributed by atoms with Gasteiger partial charge in [-0.25, -0.2) is 4.57 Å². The van der Waals surface area contributed by atoms with E-state index in [1.165, 1.54) is 29.4 Å². The quantitative estimate of drug-likeness (QED) is 0.255. The Balaban J connectivity index is 1.70. The number of ketones is 1. The van der Waals surface area contributed by atoms with Crippen molar-refractivity contribution in [2.24, 2.45) is 0 Å². The molecule has 4 rings (SSSR count). The van der Waals surface area contributed by atoms with Crippen molar-refractivity contribution < 1.29 is 24.0 Å². The maximum Gasteiger partial charge on any atom is 0.295 e. The van der Waals surface area contributed by atoms with Crippen molar-refractivity contribution in [2.45, 2.75) is 19.0 Å². The van der Waals surface area contributed by atoms with E-state index in [0.29, 0.717) is 25.3 Å². The number of halogens is 1. The van der Waals surface area contributed by atoms with Crippen LogP contribution in [0.3, 0.4) is 0 Å². The second-order valence-electron chi connectivity index (χ2n) is 7.04. The van der Waals surface area contributed by atoms with Crippen LogP contribution in [0, 0.1) is 0 Å². The number of benzene rings is 1. The first-order valence-corrected chi connectivity index (χ1v) is 10.9. The number of ether oxygens (including phenoxy) is 1. The minimum absolute atomic E-state index is 0.0389. The molecule has 1 unspecified atom stereocenters. The first-order valence-electron chi connectivity index (χ1n) is 9.67. The molecule has 7 nitrogen and oxygen atoms in total. The van der Waals surface area contributed by atoms with Crippen molar-refractivity contribution in [3.8, 4) is 5.75 Å². The highest BCUT2D eigenvalue weighted by molar-refractivity contribution is 7.10. The number of rotatable bonds is 7. The molecule has 1 aliphatic heterocycles. The number of amides is 1. The molecule has 31 heavy (non-hydrogen) atoms. The summed E-state index contributed by atoms with van der Waals surface area (Å²) >= 11 is 7.59. The molecule has 0 radical (unpaired) electrons. The highest BCUT2D eigenvalue weighted by Gasteiger charge is 2.44. The van der Waals surface area contributed by atoms with Crippen molar-refractivity contribution in [3.63, 3.8) is 0 Å². The van der Waals surface area contributed by atoms with Gasteiger partial charge in [0.15, 0.2) is 0 Å². The number of imidazole rings is 1. The molecule has 1 N–H and O–H groups in total. The van der Waals surface area contributed by atoms with Crippen molar-refractivity contribution in [2.75, 3.05) is 13.7 Å². The molecule has 1 aliphatic rings. The zero-order valence-corrected chi connectivity index (χ0v) is 18.3. The minimum Gasteiger partial charge on any atom is -0.872 e. The Bertz CT molecular complexity index is 1130. The van der Waals surface area contributed by atoms with Gasteiger partial charge in [-0.3, -0.25) is 14.6 Å². The summed E-state index contributed by atoms with van der Waals surface area (Å²) in [6, 6.07) is 7.56. The van der Waals surface area contributed by atoms with Crippen LogP contribution in [0.2, 0.25) is 5.02 Å². The smallest absolute Gasteiger partial charge is 0.295 e. The summed E-state index contributed by atoms with van der Waals surface area (Å²) in [5.41, 5.74) is 0.205. The number of nitrogens with one attached hydrogen (secondary N) is 1. The van der Waals surface area contributed by atoms with E-state index in [2.05, 4.69) is 4.98 Å². The third-order valence-corrected chi connectivity index (χ3v) is 6.39. The van der Waals surface area contributed by atoms with Gasteiger partial charge >= 0.3 is 0 Å². The fourth-order valence-electron chi connectivity index (χ4n) is 3.69. The largest absolute Gasteiger partial charge is 0.872 e. The lowest BCUT2D eigenvalue weighted by molar-refractivity contribution is -0.695. The van der Waals surface area contributed by atoms with Crippen LogP contribution in [0.5, 0.6) is 5.75 Å². The molecule has 2 aromatic heterocycles. The van der Waals surface area contributed by atoms with Crippen molar-refractivity contribution in [1.29, 1.82) is 0 Å². The summed E-state index contributed by atoms with van der Waals surface area (Å²) in [6.45, 7) is 1.03. The van der Waals surface area contributed by atoms with Gasteiger partial charge in [0.05, 0.1) is 24.7 Å².